The van der Waals surface area contributed by atoms with Gasteiger partial charge in [-0.25, -0.2) is 0 Å². The van der Waals surface area contributed by atoms with E-state index < -0.39 is 0 Å². The highest BCUT2D eigenvalue weighted by Crippen LogP contribution is 2.39. The number of ether oxygens (including phenoxy) is 4. The van der Waals surface area contributed by atoms with Gasteiger partial charge in [0, 0.05) is 23.6 Å². The number of hydrogen-bond acceptors (Lipinski definition) is 5. The Morgan fingerprint density at radius 1 is 0.963 bits per heavy atom. The summed E-state index contributed by atoms with van der Waals surface area (Å²) in [6, 6.07) is 11.5. The molecule has 3 aliphatic rings. The van der Waals surface area contributed by atoms with Gasteiger partial charge in [0.05, 0.1) is 19.8 Å². The number of para-hydroxylation sites is 1. The van der Waals surface area contributed by atoms with Crippen LogP contribution in [0.25, 0.3) is 0 Å². The Morgan fingerprint density at radius 2 is 1.81 bits per heavy atom. The summed E-state index contributed by atoms with van der Waals surface area (Å²) in [6.45, 7) is 1.97. The fraction of sp³-hybridized carbons (Fsp3) is 0.381. The second-order valence-electron chi connectivity index (χ2n) is 7.03. The van der Waals surface area contributed by atoms with E-state index in [-0.39, 0.29) is 18.7 Å². The molecule has 2 aromatic carbocycles. The molecule has 0 bridgehead atoms. The van der Waals surface area contributed by atoms with Crippen molar-refractivity contribution in [3.63, 3.8) is 0 Å². The molecular weight excluding hydrogens is 346 g/mol. The van der Waals surface area contributed by atoms with Crippen LogP contribution in [0.4, 0.5) is 0 Å². The maximum atomic E-state index is 13.3. The summed E-state index contributed by atoms with van der Waals surface area (Å²) in [5.74, 6) is 2.84. The average Bonchev–Trinajstić information content (AvgIpc) is 3.46. The summed E-state index contributed by atoms with van der Waals surface area (Å²) in [7, 11) is 0. The first-order valence-corrected chi connectivity index (χ1v) is 9.38. The lowest BCUT2D eigenvalue weighted by Crippen LogP contribution is -2.32. The molecule has 6 nitrogen and oxygen atoms in total. The molecule has 6 heteroatoms. The van der Waals surface area contributed by atoms with Crippen LogP contribution in [-0.4, -0.2) is 36.9 Å². The summed E-state index contributed by atoms with van der Waals surface area (Å²) >= 11 is 0. The van der Waals surface area contributed by atoms with Crippen molar-refractivity contribution in [3.05, 3.63) is 47.5 Å². The number of carbonyl (C=O) groups excluding carboxylic acids is 1. The summed E-state index contributed by atoms with van der Waals surface area (Å²) in [6.07, 6.45) is 2.90. The molecule has 1 aliphatic carbocycles. The minimum Gasteiger partial charge on any atom is -0.490 e. The van der Waals surface area contributed by atoms with Crippen LogP contribution < -0.4 is 18.9 Å². The van der Waals surface area contributed by atoms with E-state index in [1.54, 1.807) is 6.07 Å². The lowest BCUT2D eigenvalue weighted by molar-refractivity contribution is 0.0728. The first kappa shape index (κ1) is 16.3. The summed E-state index contributed by atoms with van der Waals surface area (Å²) in [5.41, 5.74) is 1.59. The van der Waals surface area contributed by atoms with Gasteiger partial charge in [0.1, 0.15) is 0 Å². The second-order valence-corrected chi connectivity index (χ2v) is 7.03. The monoisotopic (exact) mass is 367 g/mol. The van der Waals surface area contributed by atoms with E-state index in [9.17, 15) is 4.79 Å². The minimum atomic E-state index is 0.00432. The van der Waals surface area contributed by atoms with Crippen molar-refractivity contribution in [3.8, 4) is 23.0 Å². The van der Waals surface area contributed by atoms with Crippen molar-refractivity contribution >= 4 is 5.91 Å². The van der Waals surface area contributed by atoms with E-state index in [0.717, 1.165) is 36.3 Å². The SMILES string of the molecule is O=C(c1ccc2c(c1)OCCCO2)N(Cc1cccc2c1OCO2)C1CC1. The molecule has 140 valence electrons. The molecule has 0 radical (unpaired) electrons. The fourth-order valence-electron chi connectivity index (χ4n) is 3.51. The van der Waals surface area contributed by atoms with Crippen molar-refractivity contribution in [1.82, 2.24) is 4.90 Å². The van der Waals surface area contributed by atoms with E-state index in [1.165, 1.54) is 0 Å². The zero-order valence-electron chi connectivity index (χ0n) is 15.0. The van der Waals surface area contributed by atoms with Crippen molar-refractivity contribution in [2.75, 3.05) is 20.0 Å². The fourth-order valence-corrected chi connectivity index (χ4v) is 3.51. The third-order valence-electron chi connectivity index (χ3n) is 5.06. The molecule has 0 N–H and O–H groups in total. The first-order valence-electron chi connectivity index (χ1n) is 9.38. The van der Waals surface area contributed by atoms with Gasteiger partial charge in [0.2, 0.25) is 6.79 Å². The van der Waals surface area contributed by atoms with Crippen molar-refractivity contribution in [2.24, 2.45) is 0 Å². The van der Waals surface area contributed by atoms with Crippen LogP contribution in [0.5, 0.6) is 23.0 Å². The molecule has 0 atom stereocenters. The lowest BCUT2D eigenvalue weighted by Gasteiger charge is -2.23. The van der Waals surface area contributed by atoms with Crippen LogP contribution in [0.2, 0.25) is 0 Å². The van der Waals surface area contributed by atoms with E-state index >= 15 is 0 Å². The van der Waals surface area contributed by atoms with E-state index in [2.05, 4.69) is 0 Å². The molecule has 5 rings (SSSR count). The number of nitrogens with zero attached hydrogens (tertiary/aromatic N) is 1. The molecule has 2 aliphatic heterocycles. The number of carbonyl (C=O) groups is 1. The highest BCUT2D eigenvalue weighted by atomic mass is 16.7. The molecule has 0 unspecified atom stereocenters. The molecule has 2 heterocycles. The molecule has 0 saturated heterocycles. The number of fused-ring (bicyclic) bond motifs is 2. The molecule has 2 aromatic rings. The van der Waals surface area contributed by atoms with Gasteiger partial charge >= 0.3 is 0 Å². The Morgan fingerprint density at radius 3 is 2.67 bits per heavy atom. The van der Waals surface area contributed by atoms with Gasteiger partial charge in [-0.05, 0) is 37.1 Å². The zero-order chi connectivity index (χ0) is 18.2. The normalized spacial score (nSPS) is 17.3. The van der Waals surface area contributed by atoms with Crippen LogP contribution in [0, 0.1) is 0 Å². The van der Waals surface area contributed by atoms with Gasteiger partial charge in [-0.3, -0.25) is 4.79 Å². The van der Waals surface area contributed by atoms with Gasteiger partial charge in [-0.15, -0.1) is 0 Å². The first-order chi connectivity index (χ1) is 13.3. The zero-order valence-corrected chi connectivity index (χ0v) is 15.0. The summed E-state index contributed by atoms with van der Waals surface area (Å²) < 4.78 is 22.5. The Balaban J connectivity index is 1.42. The highest BCUT2D eigenvalue weighted by Gasteiger charge is 2.34. The molecule has 1 amide bonds. The van der Waals surface area contributed by atoms with Crippen LogP contribution in [0.1, 0.15) is 35.2 Å². The largest absolute Gasteiger partial charge is 0.490 e. The molecule has 0 spiro atoms. The number of hydrogen-bond donors (Lipinski definition) is 0. The van der Waals surface area contributed by atoms with Crippen molar-refractivity contribution in [2.45, 2.75) is 31.8 Å². The van der Waals surface area contributed by atoms with E-state index in [4.69, 9.17) is 18.9 Å². The molecule has 1 saturated carbocycles. The van der Waals surface area contributed by atoms with E-state index in [1.807, 2.05) is 35.2 Å². The standard InChI is InChI=1S/C21H21NO5/c23-21(14-5-8-17-19(11-14)25-10-2-9-24-17)22(16-6-7-16)12-15-3-1-4-18-20(15)27-13-26-18/h1,3-5,8,11,16H,2,6-7,9-10,12-13H2. The summed E-state index contributed by atoms with van der Waals surface area (Å²) in [4.78, 5) is 15.2. The van der Waals surface area contributed by atoms with Crippen LogP contribution in [0.15, 0.2) is 36.4 Å². The van der Waals surface area contributed by atoms with Gasteiger partial charge in [0.25, 0.3) is 5.91 Å². The minimum absolute atomic E-state index is 0.00432. The predicted octanol–water partition coefficient (Wildman–Crippen LogP) is 3.38. The van der Waals surface area contributed by atoms with Gasteiger partial charge in [-0.2, -0.15) is 0 Å². The second kappa shape index (κ2) is 6.68. The quantitative estimate of drug-likeness (QED) is 0.829. The third kappa shape index (κ3) is 3.16. The average molecular weight is 367 g/mol. The topological polar surface area (TPSA) is 57.2 Å². The molecule has 27 heavy (non-hydrogen) atoms. The van der Waals surface area contributed by atoms with Gasteiger partial charge < -0.3 is 23.8 Å². The third-order valence-corrected chi connectivity index (χ3v) is 5.06. The number of amides is 1. The van der Waals surface area contributed by atoms with E-state index in [0.29, 0.717) is 36.8 Å². The number of rotatable bonds is 4. The molecule has 1 fully saturated rings. The van der Waals surface area contributed by atoms with Crippen LogP contribution in [0.3, 0.4) is 0 Å². The maximum absolute atomic E-state index is 13.3. The molecule has 0 aromatic heterocycles. The Kier molecular flexibility index (Phi) is 4.03. The van der Waals surface area contributed by atoms with Crippen LogP contribution >= 0.6 is 0 Å². The smallest absolute Gasteiger partial charge is 0.254 e. The van der Waals surface area contributed by atoms with Crippen molar-refractivity contribution < 1.29 is 23.7 Å². The van der Waals surface area contributed by atoms with Crippen molar-refractivity contribution in [1.29, 1.82) is 0 Å². The number of benzene rings is 2. The highest BCUT2D eigenvalue weighted by molar-refractivity contribution is 5.95. The van der Waals surface area contributed by atoms with Gasteiger partial charge in [0.15, 0.2) is 23.0 Å². The Labute approximate surface area is 157 Å². The Hall–Kier alpha value is -2.89. The predicted molar refractivity (Wildman–Crippen MR) is 97.5 cm³/mol. The Bertz CT molecular complexity index is 877. The molecular formula is C21H21NO5. The van der Waals surface area contributed by atoms with Gasteiger partial charge in [-0.1, -0.05) is 12.1 Å². The summed E-state index contributed by atoms with van der Waals surface area (Å²) in [5, 5.41) is 0. The lowest BCUT2D eigenvalue weighted by atomic mass is 10.1. The van der Waals surface area contributed by atoms with Crippen LogP contribution in [-0.2, 0) is 6.54 Å². The maximum Gasteiger partial charge on any atom is 0.254 e.